The summed E-state index contributed by atoms with van der Waals surface area (Å²) in [6, 6.07) is 5.77. The van der Waals surface area contributed by atoms with Gasteiger partial charge < -0.3 is 29.3 Å². The number of nitrogens with one attached hydrogen (secondary N) is 1. The van der Waals surface area contributed by atoms with Gasteiger partial charge in [-0.2, -0.15) is 8.78 Å². The highest BCUT2D eigenvalue weighted by atomic mass is 32.2. The normalized spacial score (nSPS) is 22.1. The predicted octanol–water partition coefficient (Wildman–Crippen LogP) is 6.80. The number of fused-ring (bicyclic) bond motifs is 2. The van der Waals surface area contributed by atoms with Crippen molar-refractivity contribution >= 4 is 69.8 Å². The number of aromatic nitrogens is 3. The molecule has 3 amide bonds. The fraction of sp³-hybridized carbons (Fsp3) is 0.605. The molecule has 63 heavy (non-hydrogen) atoms. The summed E-state index contributed by atoms with van der Waals surface area (Å²) < 4.78 is 59.3. The zero-order chi connectivity index (χ0) is 45.5. The Labute approximate surface area is 374 Å². The molecular weight excluding hydrogens is 878 g/mol. The fourth-order valence-electron chi connectivity index (χ4n) is 8.31. The number of hydrogen-bond acceptors (Lipinski definition) is 13. The van der Waals surface area contributed by atoms with Gasteiger partial charge in [-0.3, -0.25) is 28.5 Å². The topological polar surface area (TPSA) is 190 Å². The highest BCUT2D eigenvalue weighted by Crippen LogP contribution is 2.67. The first-order valence-corrected chi connectivity index (χ1v) is 25.1. The Morgan fingerprint density at radius 2 is 1.56 bits per heavy atom. The number of β-amino-alcohol motifs (C(OH)–C–C–N with tert-alkyl or cyclic N) is 1. The van der Waals surface area contributed by atoms with Crippen LogP contribution in [0.25, 0.3) is 10.8 Å². The van der Waals surface area contributed by atoms with Crippen LogP contribution in [0.2, 0.25) is 0 Å². The standard InChI is InChI=1S/C43H57F2N6O9PS2/c1-27(2)21-38(53)62-19-17-59-61(58,60-18-20-63-39(54)22-28(3)4)43(44,45)32-12-11-29-9-10-30(23-31(29)24-32)40(55)47-34-8-6-5-7-33-13-14-35(51(33)41(34)56)42(57)49-25-36(37(52)26-49)50-16-15-46-48-50/h9-12,15-16,23-24,27-28,33-37,52H,5-8,13-14,17-22,25-26H2,1-4H3,(H,47,55)/t33-,34-,35-,36?,37+/m0/s1. The minimum absolute atomic E-state index is 0.0282. The number of alkyl halides is 2. The number of carbonyl (C=O) groups excluding carboxylic acids is 5. The number of nitrogens with zero attached hydrogens (tertiary/aromatic N) is 5. The van der Waals surface area contributed by atoms with Crippen LogP contribution in [0.5, 0.6) is 0 Å². The molecule has 3 aromatic rings. The minimum atomic E-state index is -5.26. The number of hydrogen-bond donors (Lipinski definition) is 2. The number of amides is 3. The number of aliphatic hydroxyl groups is 1. The Kier molecular flexibility index (Phi) is 16.6. The molecule has 1 unspecified atom stereocenters. The van der Waals surface area contributed by atoms with Crippen molar-refractivity contribution in [1.82, 2.24) is 30.1 Å². The lowest BCUT2D eigenvalue weighted by atomic mass is 9.98. The molecule has 3 aliphatic rings. The summed E-state index contributed by atoms with van der Waals surface area (Å²) in [6.07, 6.45) is 6.40. The van der Waals surface area contributed by atoms with Crippen molar-refractivity contribution in [2.75, 3.05) is 37.8 Å². The largest absolute Gasteiger partial charge is 0.404 e. The van der Waals surface area contributed by atoms with E-state index in [9.17, 15) is 33.6 Å². The number of thioether (sulfide) groups is 2. The molecule has 0 aliphatic carbocycles. The second-order valence-electron chi connectivity index (χ2n) is 17.2. The third-order valence-electron chi connectivity index (χ3n) is 11.4. The molecule has 3 fully saturated rings. The minimum Gasteiger partial charge on any atom is -0.389 e. The predicted molar refractivity (Wildman–Crippen MR) is 236 cm³/mol. The van der Waals surface area contributed by atoms with Gasteiger partial charge in [0.05, 0.1) is 31.6 Å². The highest BCUT2D eigenvalue weighted by molar-refractivity contribution is 8.13. The molecule has 6 rings (SSSR count). The van der Waals surface area contributed by atoms with E-state index in [4.69, 9.17) is 9.05 Å². The Bertz CT molecular complexity index is 2130. The van der Waals surface area contributed by atoms with Gasteiger partial charge in [-0.05, 0) is 66.5 Å². The molecule has 4 heterocycles. The third-order valence-corrected chi connectivity index (χ3v) is 15.1. The molecule has 0 bridgehead atoms. The second-order valence-corrected chi connectivity index (χ2v) is 21.6. The van der Waals surface area contributed by atoms with Crippen molar-refractivity contribution in [1.29, 1.82) is 0 Å². The average Bonchev–Trinajstić information content (AvgIpc) is 4.00. The first kappa shape index (κ1) is 48.7. The van der Waals surface area contributed by atoms with E-state index < -0.39 is 62.2 Å². The van der Waals surface area contributed by atoms with E-state index in [1.54, 1.807) is 22.1 Å². The number of rotatable bonds is 18. The zero-order valence-electron chi connectivity index (χ0n) is 36.0. The number of carbonyl (C=O) groups is 5. The number of aliphatic hydroxyl groups excluding tert-OH is 1. The van der Waals surface area contributed by atoms with Gasteiger partial charge in [0.15, 0.2) is 10.2 Å². The second kappa shape index (κ2) is 21.5. The summed E-state index contributed by atoms with van der Waals surface area (Å²) in [5, 5.41) is 21.8. The molecule has 2 N–H and O–H groups in total. The van der Waals surface area contributed by atoms with Gasteiger partial charge in [0, 0.05) is 60.8 Å². The molecule has 15 nitrogen and oxygen atoms in total. The third kappa shape index (κ3) is 11.9. The van der Waals surface area contributed by atoms with Crippen LogP contribution >= 0.6 is 31.1 Å². The molecule has 0 spiro atoms. The Balaban J connectivity index is 1.16. The van der Waals surface area contributed by atoms with Crippen molar-refractivity contribution < 1.29 is 51.5 Å². The van der Waals surface area contributed by atoms with E-state index in [1.807, 2.05) is 27.7 Å². The van der Waals surface area contributed by atoms with E-state index in [2.05, 4.69) is 15.6 Å². The lowest BCUT2D eigenvalue weighted by Crippen LogP contribution is -2.56. The molecule has 344 valence electrons. The first-order valence-electron chi connectivity index (χ1n) is 21.6. The number of benzene rings is 2. The molecule has 5 atom stereocenters. The molecule has 3 saturated heterocycles. The SMILES string of the molecule is CC(C)CC(=O)SCCOP(=O)(OCCSC(=O)CC(C)C)C(F)(F)c1ccc2ccc(C(=O)N[C@H]3CCCC[C@H]4CC[C@@H](C(=O)N5CC(n6ccnn6)[C@H](O)C5)N4C3=O)cc2c1. The van der Waals surface area contributed by atoms with Crippen molar-refractivity contribution in [3.63, 3.8) is 0 Å². The number of halogens is 2. The molecular formula is C43H57F2N6O9PS2. The summed E-state index contributed by atoms with van der Waals surface area (Å²) in [7, 11) is -5.26. The Morgan fingerprint density at radius 1 is 0.905 bits per heavy atom. The van der Waals surface area contributed by atoms with Crippen LogP contribution in [-0.4, -0.2) is 120 Å². The maximum Gasteiger partial charge on any atom is 0.404 e. The van der Waals surface area contributed by atoms with Crippen LogP contribution < -0.4 is 5.32 Å². The van der Waals surface area contributed by atoms with Gasteiger partial charge in [-0.25, -0.2) is 4.68 Å². The van der Waals surface area contributed by atoms with Gasteiger partial charge in [0.25, 0.3) is 5.91 Å². The maximum atomic E-state index is 16.5. The highest BCUT2D eigenvalue weighted by Gasteiger charge is 2.55. The van der Waals surface area contributed by atoms with Gasteiger partial charge in [0.1, 0.15) is 12.1 Å². The summed E-state index contributed by atoms with van der Waals surface area (Å²) in [5.74, 6) is -1.11. The monoisotopic (exact) mass is 934 g/mol. The summed E-state index contributed by atoms with van der Waals surface area (Å²) in [5.41, 5.74) is -4.77. The van der Waals surface area contributed by atoms with Crippen molar-refractivity contribution in [3.8, 4) is 0 Å². The van der Waals surface area contributed by atoms with E-state index in [0.29, 0.717) is 31.1 Å². The van der Waals surface area contributed by atoms with Crippen LogP contribution in [0, 0.1) is 11.8 Å². The molecule has 0 saturated carbocycles. The molecule has 3 aliphatic heterocycles. The molecule has 1 aromatic heterocycles. The smallest absolute Gasteiger partial charge is 0.389 e. The van der Waals surface area contributed by atoms with E-state index in [1.165, 1.54) is 29.1 Å². The van der Waals surface area contributed by atoms with Crippen LogP contribution in [0.1, 0.15) is 101 Å². The van der Waals surface area contributed by atoms with Gasteiger partial charge >= 0.3 is 13.3 Å². The van der Waals surface area contributed by atoms with Crippen LogP contribution in [-0.2, 0) is 38.5 Å². The van der Waals surface area contributed by atoms with Crippen molar-refractivity contribution in [2.24, 2.45) is 11.8 Å². The lowest BCUT2D eigenvalue weighted by Gasteiger charge is -2.36. The fourth-order valence-corrected chi connectivity index (χ4v) is 11.8. The number of likely N-dealkylation sites (tertiary alicyclic amines) is 1. The quantitative estimate of drug-likeness (QED) is 0.100. The van der Waals surface area contributed by atoms with E-state index in [-0.39, 0.29) is 88.3 Å². The van der Waals surface area contributed by atoms with Crippen molar-refractivity contribution in [2.45, 2.75) is 115 Å². The molecule has 2 aromatic carbocycles. The van der Waals surface area contributed by atoms with Crippen LogP contribution in [0.3, 0.4) is 0 Å². The Hall–Kier alpha value is -3.74. The van der Waals surface area contributed by atoms with Crippen LogP contribution in [0.4, 0.5) is 8.78 Å². The lowest BCUT2D eigenvalue weighted by molar-refractivity contribution is -0.146. The molecule has 20 heteroatoms. The van der Waals surface area contributed by atoms with Crippen LogP contribution in [0.15, 0.2) is 48.8 Å². The summed E-state index contributed by atoms with van der Waals surface area (Å²) in [6.45, 7) is 6.88. The first-order chi connectivity index (χ1) is 30.0. The van der Waals surface area contributed by atoms with Gasteiger partial charge in [-0.1, -0.05) is 87.5 Å². The Morgan fingerprint density at radius 3 is 2.19 bits per heavy atom. The van der Waals surface area contributed by atoms with Gasteiger partial charge in [0.2, 0.25) is 11.8 Å². The summed E-state index contributed by atoms with van der Waals surface area (Å²) in [4.78, 5) is 69.8. The average molecular weight is 935 g/mol. The zero-order valence-corrected chi connectivity index (χ0v) is 38.6. The maximum absolute atomic E-state index is 16.5. The molecule has 0 radical (unpaired) electrons. The van der Waals surface area contributed by atoms with E-state index >= 15 is 8.78 Å². The summed E-state index contributed by atoms with van der Waals surface area (Å²) >= 11 is 1.79. The van der Waals surface area contributed by atoms with E-state index in [0.717, 1.165) is 48.5 Å². The van der Waals surface area contributed by atoms with Crippen molar-refractivity contribution in [3.05, 3.63) is 59.9 Å². The van der Waals surface area contributed by atoms with Gasteiger partial charge in [-0.15, -0.1) is 5.10 Å².